The van der Waals surface area contributed by atoms with Gasteiger partial charge in [0, 0.05) is 32.8 Å². The predicted molar refractivity (Wildman–Crippen MR) is 67.8 cm³/mol. The summed E-state index contributed by atoms with van der Waals surface area (Å²) < 4.78 is 4.93. The molecular formula is C12H28N2O2. The van der Waals surface area contributed by atoms with Gasteiger partial charge >= 0.3 is 0 Å². The Hall–Kier alpha value is -0.160. The molecule has 4 heteroatoms. The number of methoxy groups -OCH3 is 1. The normalized spacial score (nSPS) is 13.7. The molecule has 0 aromatic carbocycles. The Balaban J connectivity index is 3.68. The molecule has 0 amide bonds. The van der Waals surface area contributed by atoms with E-state index in [1.165, 1.54) is 0 Å². The van der Waals surface area contributed by atoms with Gasteiger partial charge in [-0.05, 0) is 26.8 Å². The van der Waals surface area contributed by atoms with E-state index in [-0.39, 0.29) is 6.10 Å². The smallest absolute Gasteiger partial charge is 0.0791 e. The van der Waals surface area contributed by atoms with Gasteiger partial charge in [0.25, 0.3) is 0 Å². The number of nitrogens with one attached hydrogen (secondary N) is 1. The number of rotatable bonds is 10. The molecule has 1 atom stereocenters. The molecule has 0 aliphatic carbocycles. The molecule has 1 unspecified atom stereocenters. The van der Waals surface area contributed by atoms with E-state index in [0.717, 1.165) is 26.1 Å². The van der Waals surface area contributed by atoms with Crippen molar-refractivity contribution in [3.63, 3.8) is 0 Å². The lowest BCUT2D eigenvalue weighted by molar-refractivity contribution is 0.0925. The Morgan fingerprint density at radius 2 is 2.06 bits per heavy atom. The molecule has 0 heterocycles. The van der Waals surface area contributed by atoms with Crippen LogP contribution in [0.2, 0.25) is 0 Å². The summed E-state index contributed by atoms with van der Waals surface area (Å²) in [5.74, 6) is 0. The number of nitrogens with zero attached hydrogens (tertiary/aromatic N) is 1. The first-order valence-corrected chi connectivity index (χ1v) is 6.23. The maximum absolute atomic E-state index is 9.85. The zero-order chi connectivity index (χ0) is 12.4. The van der Waals surface area contributed by atoms with Crippen molar-refractivity contribution < 1.29 is 9.84 Å². The highest BCUT2D eigenvalue weighted by atomic mass is 16.5. The van der Waals surface area contributed by atoms with E-state index in [1.807, 2.05) is 0 Å². The summed E-state index contributed by atoms with van der Waals surface area (Å²) in [6, 6.07) is 0.494. The third-order valence-electron chi connectivity index (χ3n) is 2.55. The Morgan fingerprint density at radius 3 is 2.56 bits per heavy atom. The van der Waals surface area contributed by atoms with Gasteiger partial charge in [0.15, 0.2) is 0 Å². The van der Waals surface area contributed by atoms with Crippen LogP contribution in [0.1, 0.15) is 27.2 Å². The Morgan fingerprint density at radius 1 is 1.38 bits per heavy atom. The third kappa shape index (κ3) is 8.05. The molecule has 0 saturated carbocycles. The maximum atomic E-state index is 9.85. The minimum atomic E-state index is -0.300. The van der Waals surface area contributed by atoms with Crippen molar-refractivity contribution in [2.75, 3.05) is 39.9 Å². The summed E-state index contributed by atoms with van der Waals surface area (Å²) in [7, 11) is 1.68. The quantitative estimate of drug-likeness (QED) is 0.544. The van der Waals surface area contributed by atoms with Gasteiger partial charge in [0.05, 0.1) is 12.7 Å². The van der Waals surface area contributed by atoms with Gasteiger partial charge in [-0.1, -0.05) is 6.92 Å². The zero-order valence-corrected chi connectivity index (χ0v) is 11.2. The van der Waals surface area contributed by atoms with Crippen molar-refractivity contribution in [2.24, 2.45) is 0 Å². The van der Waals surface area contributed by atoms with Crippen LogP contribution >= 0.6 is 0 Å². The molecule has 0 rings (SSSR count). The molecule has 0 aromatic heterocycles. The molecule has 0 aliphatic rings. The monoisotopic (exact) mass is 232 g/mol. The fourth-order valence-electron chi connectivity index (χ4n) is 1.63. The highest BCUT2D eigenvalue weighted by Crippen LogP contribution is 2.01. The Kier molecular flexibility index (Phi) is 9.92. The van der Waals surface area contributed by atoms with E-state index in [0.29, 0.717) is 19.2 Å². The largest absolute Gasteiger partial charge is 0.390 e. The lowest BCUT2D eigenvalue weighted by atomic mass is 10.2. The summed E-state index contributed by atoms with van der Waals surface area (Å²) in [6.07, 6.45) is 0.827. The molecule has 0 aliphatic heterocycles. The lowest BCUT2D eigenvalue weighted by Crippen LogP contribution is -2.42. The molecule has 98 valence electrons. The van der Waals surface area contributed by atoms with Crippen molar-refractivity contribution in [3.8, 4) is 0 Å². The molecule has 0 fully saturated rings. The Bertz CT molecular complexity index is 154. The number of aliphatic hydroxyl groups excluding tert-OH is 1. The van der Waals surface area contributed by atoms with Gasteiger partial charge in [-0.15, -0.1) is 0 Å². The SMILES string of the molecule is CCCN(CC(O)CNCCOC)C(C)C. The molecule has 0 saturated heterocycles. The van der Waals surface area contributed by atoms with Gasteiger partial charge in [-0.25, -0.2) is 0 Å². The van der Waals surface area contributed by atoms with Crippen molar-refractivity contribution in [2.45, 2.75) is 39.3 Å². The average Bonchev–Trinajstić information content (AvgIpc) is 2.23. The van der Waals surface area contributed by atoms with E-state index in [4.69, 9.17) is 4.74 Å². The van der Waals surface area contributed by atoms with Crippen LogP contribution in [0, 0.1) is 0 Å². The van der Waals surface area contributed by atoms with Gasteiger partial charge in [-0.3, -0.25) is 4.90 Å². The zero-order valence-electron chi connectivity index (χ0n) is 11.2. The van der Waals surface area contributed by atoms with Crippen LogP contribution in [0.25, 0.3) is 0 Å². The minimum Gasteiger partial charge on any atom is -0.390 e. The standard InChI is InChI=1S/C12H28N2O2/c1-5-7-14(11(2)3)10-12(15)9-13-6-8-16-4/h11-13,15H,5-10H2,1-4H3. The van der Waals surface area contributed by atoms with Crippen LogP contribution < -0.4 is 5.32 Å². The van der Waals surface area contributed by atoms with Crippen LogP contribution in [-0.2, 0) is 4.74 Å². The summed E-state index contributed by atoms with van der Waals surface area (Å²) >= 11 is 0. The number of hydrogen-bond acceptors (Lipinski definition) is 4. The molecule has 2 N–H and O–H groups in total. The molecule has 0 aromatic rings. The van der Waals surface area contributed by atoms with Gasteiger partial charge in [0.1, 0.15) is 0 Å². The van der Waals surface area contributed by atoms with Gasteiger partial charge in [0.2, 0.25) is 0 Å². The number of ether oxygens (including phenoxy) is 1. The predicted octanol–water partition coefficient (Wildman–Crippen LogP) is 0.704. The van der Waals surface area contributed by atoms with Crippen LogP contribution in [0.3, 0.4) is 0 Å². The fourth-order valence-corrected chi connectivity index (χ4v) is 1.63. The van der Waals surface area contributed by atoms with Crippen LogP contribution in [-0.4, -0.2) is 62.0 Å². The lowest BCUT2D eigenvalue weighted by Gasteiger charge is -2.28. The summed E-state index contributed by atoms with van der Waals surface area (Å²) in [5.41, 5.74) is 0. The fraction of sp³-hybridized carbons (Fsp3) is 1.00. The number of aliphatic hydroxyl groups is 1. The van der Waals surface area contributed by atoms with Crippen molar-refractivity contribution >= 4 is 0 Å². The first-order chi connectivity index (χ1) is 7.61. The highest BCUT2D eigenvalue weighted by Gasteiger charge is 2.13. The first kappa shape index (κ1) is 15.8. The van der Waals surface area contributed by atoms with Gasteiger partial charge in [-0.2, -0.15) is 0 Å². The third-order valence-corrected chi connectivity index (χ3v) is 2.55. The van der Waals surface area contributed by atoms with Crippen LogP contribution in [0.5, 0.6) is 0 Å². The van der Waals surface area contributed by atoms with E-state index in [9.17, 15) is 5.11 Å². The topological polar surface area (TPSA) is 44.7 Å². The van der Waals surface area contributed by atoms with Crippen LogP contribution in [0.4, 0.5) is 0 Å². The summed E-state index contributed by atoms with van der Waals surface area (Å²) in [5, 5.41) is 13.0. The molecular weight excluding hydrogens is 204 g/mol. The molecule has 4 nitrogen and oxygen atoms in total. The molecule has 16 heavy (non-hydrogen) atoms. The molecule has 0 bridgehead atoms. The van der Waals surface area contributed by atoms with Crippen LogP contribution in [0.15, 0.2) is 0 Å². The molecule has 0 radical (unpaired) electrons. The van der Waals surface area contributed by atoms with Crippen molar-refractivity contribution in [1.82, 2.24) is 10.2 Å². The number of hydrogen-bond donors (Lipinski definition) is 2. The van der Waals surface area contributed by atoms with E-state index < -0.39 is 0 Å². The van der Waals surface area contributed by atoms with Gasteiger partial charge < -0.3 is 15.2 Å². The van der Waals surface area contributed by atoms with E-state index in [1.54, 1.807) is 7.11 Å². The summed E-state index contributed by atoms with van der Waals surface area (Å²) in [4.78, 5) is 2.31. The average molecular weight is 232 g/mol. The second-order valence-electron chi connectivity index (χ2n) is 4.44. The summed E-state index contributed by atoms with van der Waals surface area (Å²) in [6.45, 7) is 10.4. The maximum Gasteiger partial charge on any atom is 0.0791 e. The highest BCUT2D eigenvalue weighted by molar-refractivity contribution is 4.69. The van der Waals surface area contributed by atoms with Crippen molar-refractivity contribution in [3.05, 3.63) is 0 Å². The van der Waals surface area contributed by atoms with E-state index >= 15 is 0 Å². The minimum absolute atomic E-state index is 0.300. The molecule has 0 spiro atoms. The second-order valence-corrected chi connectivity index (χ2v) is 4.44. The van der Waals surface area contributed by atoms with E-state index in [2.05, 4.69) is 31.0 Å². The second kappa shape index (κ2) is 10.0. The Labute approximate surface area is 100.0 Å². The first-order valence-electron chi connectivity index (χ1n) is 6.23. The van der Waals surface area contributed by atoms with Crippen molar-refractivity contribution in [1.29, 1.82) is 0 Å².